The van der Waals surface area contributed by atoms with Gasteiger partial charge in [-0.05, 0) is 19.8 Å². The number of nitrogens with zero attached hydrogens (tertiary/aromatic N) is 1. The lowest BCUT2D eigenvalue weighted by atomic mass is 10.3. The molecule has 0 unspecified atom stereocenters. The highest BCUT2D eigenvalue weighted by Crippen LogP contribution is 1.99. The molecule has 0 aromatic rings. The highest BCUT2D eigenvalue weighted by molar-refractivity contribution is 5.68. The number of hydrogen-bond donors (Lipinski definition) is 0. The smallest absolute Gasteiger partial charge is 0.325 e. The Morgan fingerprint density at radius 3 is 2.38 bits per heavy atom. The summed E-state index contributed by atoms with van der Waals surface area (Å²) < 4.78 is 0. The second kappa shape index (κ2) is 8.05. The first kappa shape index (κ1) is 12.4. The minimum Gasteiger partial charge on any atom is -0.368 e. The van der Waals surface area contributed by atoms with Gasteiger partial charge in [0.25, 0.3) is 0 Å². The first-order valence-electron chi connectivity index (χ1n) is 5.20. The van der Waals surface area contributed by atoms with Gasteiger partial charge in [-0.3, -0.25) is 4.79 Å². The first-order valence-corrected chi connectivity index (χ1v) is 5.20. The standard InChI is InChI=1S/C10H21NO2/c1-4-7-9-11(6-3)13-10(12)8-5-2/h4-9H2,1-3H3. The zero-order valence-electron chi connectivity index (χ0n) is 9.01. The summed E-state index contributed by atoms with van der Waals surface area (Å²) in [5, 5.41) is 1.74. The zero-order chi connectivity index (χ0) is 10.1. The van der Waals surface area contributed by atoms with Crippen LogP contribution in [0.5, 0.6) is 0 Å². The van der Waals surface area contributed by atoms with Crippen molar-refractivity contribution in [1.29, 1.82) is 0 Å². The van der Waals surface area contributed by atoms with Gasteiger partial charge in [0.15, 0.2) is 0 Å². The van der Waals surface area contributed by atoms with Crippen LogP contribution < -0.4 is 0 Å². The molecular weight excluding hydrogens is 166 g/mol. The Bertz CT molecular complexity index is 137. The van der Waals surface area contributed by atoms with Crippen molar-refractivity contribution in [3.05, 3.63) is 0 Å². The highest BCUT2D eigenvalue weighted by Gasteiger charge is 2.07. The van der Waals surface area contributed by atoms with E-state index in [1.54, 1.807) is 5.06 Å². The first-order chi connectivity index (χ1) is 6.24. The van der Waals surface area contributed by atoms with Gasteiger partial charge in [0.1, 0.15) is 0 Å². The van der Waals surface area contributed by atoms with Crippen LogP contribution in [0.1, 0.15) is 46.5 Å². The summed E-state index contributed by atoms with van der Waals surface area (Å²) in [6.45, 7) is 7.72. The lowest BCUT2D eigenvalue weighted by Gasteiger charge is -2.18. The summed E-state index contributed by atoms with van der Waals surface area (Å²) in [4.78, 5) is 16.2. The summed E-state index contributed by atoms with van der Waals surface area (Å²) in [6.07, 6.45) is 3.57. The Hall–Kier alpha value is -0.570. The van der Waals surface area contributed by atoms with Crippen molar-refractivity contribution in [1.82, 2.24) is 5.06 Å². The Morgan fingerprint density at radius 1 is 1.23 bits per heavy atom. The minimum absolute atomic E-state index is 0.111. The molecule has 0 fully saturated rings. The van der Waals surface area contributed by atoms with Gasteiger partial charge >= 0.3 is 5.97 Å². The maximum absolute atomic E-state index is 11.1. The quantitative estimate of drug-likeness (QED) is 0.573. The van der Waals surface area contributed by atoms with E-state index in [1.165, 1.54) is 0 Å². The molecule has 0 amide bonds. The average molecular weight is 187 g/mol. The van der Waals surface area contributed by atoms with Gasteiger partial charge in [-0.1, -0.05) is 20.3 Å². The van der Waals surface area contributed by atoms with Crippen LogP contribution in [0.2, 0.25) is 0 Å². The number of hydroxylamine groups is 2. The Balaban J connectivity index is 3.62. The average Bonchev–Trinajstić information content (AvgIpc) is 2.12. The largest absolute Gasteiger partial charge is 0.368 e. The van der Waals surface area contributed by atoms with Crippen molar-refractivity contribution in [2.24, 2.45) is 0 Å². The summed E-state index contributed by atoms with van der Waals surface area (Å²) in [5.74, 6) is -0.111. The van der Waals surface area contributed by atoms with Crippen molar-refractivity contribution in [2.45, 2.75) is 46.5 Å². The molecular formula is C10H21NO2. The third kappa shape index (κ3) is 6.58. The summed E-state index contributed by atoms with van der Waals surface area (Å²) in [5.41, 5.74) is 0. The van der Waals surface area contributed by atoms with Crippen molar-refractivity contribution in [2.75, 3.05) is 13.1 Å². The molecule has 0 aromatic carbocycles. The van der Waals surface area contributed by atoms with E-state index in [2.05, 4.69) is 6.92 Å². The van der Waals surface area contributed by atoms with Gasteiger partial charge in [0, 0.05) is 19.5 Å². The van der Waals surface area contributed by atoms with Crippen LogP contribution in [0, 0.1) is 0 Å². The lowest BCUT2D eigenvalue weighted by molar-refractivity contribution is -0.190. The molecule has 0 bridgehead atoms. The maximum atomic E-state index is 11.1. The predicted molar refractivity (Wildman–Crippen MR) is 53.2 cm³/mol. The van der Waals surface area contributed by atoms with Gasteiger partial charge in [0.05, 0.1) is 0 Å². The Labute approximate surface area is 81.0 Å². The van der Waals surface area contributed by atoms with Crippen molar-refractivity contribution in [3.8, 4) is 0 Å². The second-order valence-electron chi connectivity index (χ2n) is 3.09. The SMILES string of the molecule is CCCCN(CC)OC(=O)CCC. The van der Waals surface area contributed by atoms with Gasteiger partial charge in [-0.2, -0.15) is 0 Å². The normalized spacial score (nSPS) is 10.5. The van der Waals surface area contributed by atoms with Gasteiger partial charge < -0.3 is 4.84 Å². The molecule has 0 N–H and O–H groups in total. The molecule has 0 radical (unpaired) electrons. The number of carbonyl (C=O) groups is 1. The van der Waals surface area contributed by atoms with E-state index in [1.807, 2.05) is 13.8 Å². The molecule has 0 aromatic heterocycles. The maximum Gasteiger partial charge on any atom is 0.325 e. The fourth-order valence-corrected chi connectivity index (χ4v) is 0.997. The van der Waals surface area contributed by atoms with Gasteiger partial charge in [0.2, 0.25) is 0 Å². The molecule has 78 valence electrons. The highest BCUT2D eigenvalue weighted by atomic mass is 16.7. The second-order valence-corrected chi connectivity index (χ2v) is 3.09. The summed E-state index contributed by atoms with van der Waals surface area (Å²) >= 11 is 0. The number of carbonyl (C=O) groups excluding carboxylic acids is 1. The number of hydrogen-bond acceptors (Lipinski definition) is 3. The van der Waals surface area contributed by atoms with Crippen LogP contribution in [0.15, 0.2) is 0 Å². The molecule has 0 heterocycles. The summed E-state index contributed by atoms with van der Waals surface area (Å²) in [7, 11) is 0. The third-order valence-electron chi connectivity index (χ3n) is 1.80. The molecule has 3 nitrogen and oxygen atoms in total. The van der Waals surface area contributed by atoms with Crippen LogP contribution in [0.25, 0.3) is 0 Å². The van der Waals surface area contributed by atoms with E-state index >= 15 is 0 Å². The molecule has 0 saturated heterocycles. The van der Waals surface area contributed by atoms with E-state index in [0.29, 0.717) is 6.42 Å². The molecule has 0 aliphatic heterocycles. The molecule has 3 heteroatoms. The molecule has 0 aliphatic carbocycles. The van der Waals surface area contributed by atoms with Gasteiger partial charge in [-0.25, -0.2) is 0 Å². The fourth-order valence-electron chi connectivity index (χ4n) is 0.997. The van der Waals surface area contributed by atoms with E-state index in [4.69, 9.17) is 4.84 Å². The van der Waals surface area contributed by atoms with Crippen LogP contribution >= 0.6 is 0 Å². The van der Waals surface area contributed by atoms with Crippen LogP contribution in [0.4, 0.5) is 0 Å². The molecule has 0 saturated carbocycles. The zero-order valence-corrected chi connectivity index (χ0v) is 9.01. The molecule has 0 rings (SSSR count). The Kier molecular flexibility index (Phi) is 7.69. The van der Waals surface area contributed by atoms with Crippen LogP contribution in [0.3, 0.4) is 0 Å². The molecule has 0 spiro atoms. The minimum atomic E-state index is -0.111. The van der Waals surface area contributed by atoms with Crippen molar-refractivity contribution < 1.29 is 9.63 Å². The van der Waals surface area contributed by atoms with Crippen molar-refractivity contribution in [3.63, 3.8) is 0 Å². The third-order valence-corrected chi connectivity index (χ3v) is 1.80. The molecule has 0 aliphatic rings. The van der Waals surface area contributed by atoms with Gasteiger partial charge in [-0.15, -0.1) is 5.06 Å². The van der Waals surface area contributed by atoms with E-state index in [9.17, 15) is 4.79 Å². The number of unbranched alkanes of at least 4 members (excludes halogenated alkanes) is 1. The topological polar surface area (TPSA) is 29.5 Å². The lowest BCUT2D eigenvalue weighted by Crippen LogP contribution is -2.28. The molecule has 13 heavy (non-hydrogen) atoms. The van der Waals surface area contributed by atoms with E-state index < -0.39 is 0 Å². The predicted octanol–water partition coefficient (Wildman–Crippen LogP) is 2.37. The van der Waals surface area contributed by atoms with Crippen LogP contribution in [-0.2, 0) is 9.63 Å². The fraction of sp³-hybridized carbons (Fsp3) is 0.900. The molecule has 0 atom stereocenters. The Morgan fingerprint density at radius 2 is 1.92 bits per heavy atom. The van der Waals surface area contributed by atoms with Crippen LogP contribution in [-0.4, -0.2) is 24.1 Å². The van der Waals surface area contributed by atoms with Crippen molar-refractivity contribution >= 4 is 5.97 Å². The van der Waals surface area contributed by atoms with E-state index in [-0.39, 0.29) is 5.97 Å². The van der Waals surface area contributed by atoms with E-state index in [0.717, 1.165) is 32.4 Å². The monoisotopic (exact) mass is 187 g/mol. The summed E-state index contributed by atoms with van der Waals surface area (Å²) in [6, 6.07) is 0. The number of rotatable bonds is 7.